The third-order valence-corrected chi connectivity index (χ3v) is 5.15. The largest absolute Gasteiger partial charge is 0.494 e. The van der Waals surface area contributed by atoms with Crippen molar-refractivity contribution >= 4 is 11.8 Å². The molecule has 1 amide bonds. The summed E-state index contributed by atoms with van der Waals surface area (Å²) in [7, 11) is 0. The van der Waals surface area contributed by atoms with E-state index in [1.165, 1.54) is 12.1 Å². The molecule has 3 rings (SSSR count). The molecule has 0 aliphatic carbocycles. The van der Waals surface area contributed by atoms with Gasteiger partial charge in [0.15, 0.2) is 5.54 Å². The fourth-order valence-electron chi connectivity index (χ4n) is 3.34. The molecule has 0 saturated carbocycles. The van der Waals surface area contributed by atoms with Crippen molar-refractivity contribution in [3.8, 4) is 5.75 Å². The van der Waals surface area contributed by atoms with Crippen LogP contribution in [0.4, 0.5) is 4.39 Å². The first-order chi connectivity index (χ1) is 15.0. The quantitative estimate of drug-likeness (QED) is 0.451. The lowest BCUT2D eigenvalue weighted by Crippen LogP contribution is -2.50. The maximum atomic E-state index is 13.1. The first-order valence-corrected chi connectivity index (χ1v) is 10.2. The van der Waals surface area contributed by atoms with Crippen LogP contribution >= 0.6 is 0 Å². The minimum absolute atomic E-state index is 0.0786. The molecule has 2 atom stereocenters. The number of aliphatic hydroxyl groups excluding tert-OH is 1. The van der Waals surface area contributed by atoms with Crippen molar-refractivity contribution in [1.82, 2.24) is 5.32 Å². The summed E-state index contributed by atoms with van der Waals surface area (Å²) >= 11 is 0. The van der Waals surface area contributed by atoms with Crippen molar-refractivity contribution in [2.24, 2.45) is 4.99 Å². The molecule has 0 saturated heterocycles. The van der Waals surface area contributed by atoms with E-state index in [0.717, 1.165) is 11.1 Å². The van der Waals surface area contributed by atoms with Gasteiger partial charge in [0.05, 0.1) is 6.61 Å². The molecular formula is C24H27FN2O4. The molecule has 2 aromatic carbocycles. The second-order valence-corrected chi connectivity index (χ2v) is 7.35. The zero-order valence-corrected chi connectivity index (χ0v) is 17.5. The molecule has 0 radical (unpaired) electrons. The van der Waals surface area contributed by atoms with Crippen LogP contribution in [0.25, 0.3) is 0 Å². The molecule has 164 valence electrons. The number of nitrogens with one attached hydrogen (secondary N) is 1. The molecule has 0 fully saturated rings. The van der Waals surface area contributed by atoms with Crippen LogP contribution in [0.15, 0.2) is 66.2 Å². The Balaban J connectivity index is 1.75. The van der Waals surface area contributed by atoms with Gasteiger partial charge in [0, 0.05) is 31.6 Å². The summed E-state index contributed by atoms with van der Waals surface area (Å²) in [6.45, 7) is 6.36. The molecule has 6 nitrogen and oxygen atoms in total. The van der Waals surface area contributed by atoms with Gasteiger partial charge in [-0.25, -0.2) is 9.38 Å². The van der Waals surface area contributed by atoms with E-state index in [9.17, 15) is 9.18 Å². The Labute approximate surface area is 181 Å². The van der Waals surface area contributed by atoms with Crippen LogP contribution in [-0.4, -0.2) is 41.8 Å². The van der Waals surface area contributed by atoms with Gasteiger partial charge in [-0.3, -0.25) is 4.79 Å². The predicted octanol–water partition coefficient (Wildman–Crippen LogP) is 3.38. The number of rotatable bonds is 10. The van der Waals surface area contributed by atoms with Crippen LogP contribution in [0.3, 0.4) is 0 Å². The molecule has 0 bridgehead atoms. The van der Waals surface area contributed by atoms with Gasteiger partial charge in [0.1, 0.15) is 17.7 Å². The average Bonchev–Trinajstić information content (AvgIpc) is 3.11. The van der Waals surface area contributed by atoms with E-state index < -0.39 is 11.6 Å². The topological polar surface area (TPSA) is 80.2 Å². The van der Waals surface area contributed by atoms with Crippen molar-refractivity contribution in [3.05, 3.63) is 78.1 Å². The molecule has 0 aromatic heterocycles. The summed E-state index contributed by atoms with van der Waals surface area (Å²) in [5.41, 5.74) is 0.391. The number of carbonyl (C=O) groups excluding carboxylic acids is 1. The fourth-order valence-corrected chi connectivity index (χ4v) is 3.34. The standard InChI is InChI=1S/C24H27FN2O4/c1-3-13-24(23(29)26-16-18-5-9-20(25)10-6-18)17(2)31-22(27-24)19-7-11-21(12-8-19)30-15-4-14-28/h3,5-12,17,28H,1,4,13-16H2,2H3,(H,26,29)/t17-,24-/m1/s1. The first-order valence-electron chi connectivity index (χ1n) is 10.2. The number of benzene rings is 2. The normalized spacial score (nSPS) is 20.0. The van der Waals surface area contributed by atoms with Crippen LogP contribution in [0.1, 0.15) is 30.9 Å². The Morgan fingerprint density at radius 2 is 2.00 bits per heavy atom. The Bertz CT molecular complexity index is 928. The molecule has 7 heteroatoms. The lowest BCUT2D eigenvalue weighted by atomic mass is 9.89. The van der Waals surface area contributed by atoms with E-state index in [2.05, 4.69) is 16.9 Å². The second-order valence-electron chi connectivity index (χ2n) is 7.35. The number of aliphatic hydroxyl groups is 1. The van der Waals surface area contributed by atoms with Gasteiger partial charge in [-0.05, 0) is 48.9 Å². The van der Waals surface area contributed by atoms with Crippen LogP contribution < -0.4 is 10.1 Å². The molecule has 1 heterocycles. The Hall–Kier alpha value is -3.19. The maximum Gasteiger partial charge on any atom is 0.252 e. The highest BCUT2D eigenvalue weighted by Crippen LogP contribution is 2.32. The van der Waals surface area contributed by atoms with Crippen LogP contribution in [-0.2, 0) is 16.1 Å². The number of nitrogens with zero attached hydrogens (tertiary/aromatic N) is 1. The number of carbonyl (C=O) groups is 1. The average molecular weight is 426 g/mol. The number of aliphatic imine (C=N–C) groups is 1. The zero-order valence-electron chi connectivity index (χ0n) is 17.5. The van der Waals surface area contributed by atoms with Crippen LogP contribution in [0, 0.1) is 5.82 Å². The highest BCUT2D eigenvalue weighted by Gasteiger charge is 2.49. The third-order valence-electron chi connectivity index (χ3n) is 5.15. The van der Waals surface area contributed by atoms with Crippen LogP contribution in [0.5, 0.6) is 5.75 Å². The minimum atomic E-state index is -1.13. The predicted molar refractivity (Wildman–Crippen MR) is 117 cm³/mol. The zero-order chi connectivity index (χ0) is 22.3. The molecule has 31 heavy (non-hydrogen) atoms. The van der Waals surface area contributed by atoms with Crippen LogP contribution in [0.2, 0.25) is 0 Å². The van der Waals surface area contributed by atoms with Gasteiger partial charge in [0.25, 0.3) is 5.91 Å². The SMILES string of the molecule is C=CC[C@@]1(C(=O)NCc2ccc(F)cc2)N=C(c2ccc(OCCCO)cc2)O[C@@H]1C. The molecule has 2 aromatic rings. The summed E-state index contributed by atoms with van der Waals surface area (Å²) in [6, 6.07) is 13.2. The van der Waals surface area contributed by atoms with Gasteiger partial charge < -0.3 is 19.9 Å². The lowest BCUT2D eigenvalue weighted by Gasteiger charge is -2.26. The molecule has 0 spiro atoms. The first kappa shape index (κ1) is 22.5. The summed E-state index contributed by atoms with van der Waals surface area (Å²) in [6.07, 6.45) is 2.04. The van der Waals surface area contributed by atoms with Gasteiger partial charge >= 0.3 is 0 Å². The Morgan fingerprint density at radius 1 is 1.29 bits per heavy atom. The summed E-state index contributed by atoms with van der Waals surface area (Å²) in [5, 5.41) is 11.7. The Kier molecular flexibility index (Phi) is 7.41. The highest BCUT2D eigenvalue weighted by molar-refractivity contribution is 6.00. The summed E-state index contributed by atoms with van der Waals surface area (Å²) in [5.74, 6) is 0.463. The third kappa shape index (κ3) is 5.30. The van der Waals surface area contributed by atoms with Crippen molar-refractivity contribution in [2.45, 2.75) is 38.0 Å². The van der Waals surface area contributed by atoms with Gasteiger partial charge in [-0.15, -0.1) is 6.58 Å². The monoisotopic (exact) mass is 426 g/mol. The van der Waals surface area contributed by atoms with Gasteiger partial charge in [-0.2, -0.15) is 0 Å². The van der Waals surface area contributed by atoms with E-state index in [-0.39, 0.29) is 24.9 Å². The van der Waals surface area contributed by atoms with Gasteiger partial charge in [-0.1, -0.05) is 18.2 Å². The lowest BCUT2D eigenvalue weighted by molar-refractivity contribution is -0.128. The summed E-state index contributed by atoms with van der Waals surface area (Å²) in [4.78, 5) is 17.8. The van der Waals surface area contributed by atoms with Crippen molar-refractivity contribution < 1.29 is 23.8 Å². The van der Waals surface area contributed by atoms with E-state index in [1.54, 1.807) is 30.3 Å². The number of ether oxygens (including phenoxy) is 2. The minimum Gasteiger partial charge on any atom is -0.494 e. The van der Waals surface area contributed by atoms with E-state index in [4.69, 9.17) is 14.6 Å². The maximum absolute atomic E-state index is 13.1. The highest BCUT2D eigenvalue weighted by atomic mass is 19.1. The number of hydrogen-bond donors (Lipinski definition) is 2. The van der Waals surface area contributed by atoms with E-state index in [0.29, 0.717) is 31.1 Å². The molecule has 2 N–H and O–H groups in total. The summed E-state index contributed by atoms with van der Waals surface area (Å²) < 4.78 is 24.6. The smallest absolute Gasteiger partial charge is 0.252 e. The molecular weight excluding hydrogens is 399 g/mol. The molecule has 1 aliphatic heterocycles. The van der Waals surface area contributed by atoms with E-state index in [1.807, 2.05) is 19.1 Å². The second kappa shape index (κ2) is 10.2. The van der Waals surface area contributed by atoms with Gasteiger partial charge in [0.2, 0.25) is 5.90 Å². The van der Waals surface area contributed by atoms with E-state index >= 15 is 0 Å². The molecule has 0 unspecified atom stereocenters. The fraction of sp³-hybridized carbons (Fsp3) is 0.333. The number of amides is 1. The number of halogens is 1. The Morgan fingerprint density at radius 3 is 2.65 bits per heavy atom. The van der Waals surface area contributed by atoms with Crippen molar-refractivity contribution in [3.63, 3.8) is 0 Å². The molecule has 1 aliphatic rings. The van der Waals surface area contributed by atoms with Crippen molar-refractivity contribution in [1.29, 1.82) is 0 Å². The number of hydrogen-bond acceptors (Lipinski definition) is 5. The van der Waals surface area contributed by atoms with Crippen molar-refractivity contribution in [2.75, 3.05) is 13.2 Å².